The highest BCUT2D eigenvalue weighted by atomic mass is 19.1. The Morgan fingerprint density at radius 1 is 1.04 bits per heavy atom. The number of aromatic hydroxyl groups is 1. The van der Waals surface area contributed by atoms with Gasteiger partial charge in [0.05, 0.1) is 0 Å². The molecule has 3 aromatic carbocycles. The summed E-state index contributed by atoms with van der Waals surface area (Å²) in [6.07, 6.45) is -1.10. The van der Waals surface area contributed by atoms with E-state index in [1.807, 2.05) is 18.2 Å². The van der Waals surface area contributed by atoms with Crippen molar-refractivity contribution < 1.29 is 23.8 Å². The maximum Gasteiger partial charge on any atom is 0.342 e. The standard InChI is InChI=1S/C20H16FNO4/c1-12(19(24)22-16-8-6-15(21)7-9-16)26-20(25)17-10-13-4-2-3-5-14(13)11-18(17)23/h2-12,23H,1H3,(H,22,24)/t12-/m0/s1. The van der Waals surface area contributed by atoms with Gasteiger partial charge in [-0.2, -0.15) is 0 Å². The lowest BCUT2D eigenvalue weighted by molar-refractivity contribution is -0.123. The van der Waals surface area contributed by atoms with Crippen molar-refractivity contribution in [3.05, 3.63) is 72.0 Å². The lowest BCUT2D eigenvalue weighted by Crippen LogP contribution is -2.30. The van der Waals surface area contributed by atoms with E-state index >= 15 is 0 Å². The van der Waals surface area contributed by atoms with Crippen molar-refractivity contribution in [3.8, 4) is 5.75 Å². The number of anilines is 1. The normalized spacial score (nSPS) is 11.8. The van der Waals surface area contributed by atoms with Crippen LogP contribution in [0.2, 0.25) is 0 Å². The lowest BCUT2D eigenvalue weighted by atomic mass is 10.1. The fourth-order valence-corrected chi connectivity index (χ4v) is 2.45. The smallest absolute Gasteiger partial charge is 0.342 e. The molecule has 0 saturated carbocycles. The van der Waals surface area contributed by atoms with E-state index in [1.54, 1.807) is 6.07 Å². The summed E-state index contributed by atoms with van der Waals surface area (Å²) in [6.45, 7) is 1.41. The molecule has 0 aliphatic heterocycles. The zero-order valence-electron chi connectivity index (χ0n) is 13.9. The highest BCUT2D eigenvalue weighted by Crippen LogP contribution is 2.26. The third-order valence-electron chi connectivity index (χ3n) is 3.85. The molecule has 0 radical (unpaired) electrons. The van der Waals surface area contributed by atoms with Crippen LogP contribution in [0.3, 0.4) is 0 Å². The Balaban J connectivity index is 1.71. The van der Waals surface area contributed by atoms with Gasteiger partial charge < -0.3 is 15.2 Å². The molecule has 2 N–H and O–H groups in total. The molecule has 1 amide bonds. The fourth-order valence-electron chi connectivity index (χ4n) is 2.45. The monoisotopic (exact) mass is 353 g/mol. The van der Waals surface area contributed by atoms with Crippen molar-refractivity contribution in [1.82, 2.24) is 0 Å². The summed E-state index contributed by atoms with van der Waals surface area (Å²) >= 11 is 0. The summed E-state index contributed by atoms with van der Waals surface area (Å²) in [4.78, 5) is 24.4. The number of hydrogen-bond donors (Lipinski definition) is 2. The van der Waals surface area contributed by atoms with Crippen LogP contribution >= 0.6 is 0 Å². The van der Waals surface area contributed by atoms with Crippen molar-refractivity contribution in [1.29, 1.82) is 0 Å². The van der Waals surface area contributed by atoms with Crippen LogP contribution in [-0.4, -0.2) is 23.1 Å². The molecule has 0 spiro atoms. The van der Waals surface area contributed by atoms with Gasteiger partial charge in [0.1, 0.15) is 17.1 Å². The number of halogens is 1. The minimum absolute atomic E-state index is 0.0230. The molecule has 3 rings (SSSR count). The number of hydrogen-bond acceptors (Lipinski definition) is 4. The number of ether oxygens (including phenoxy) is 1. The third-order valence-corrected chi connectivity index (χ3v) is 3.85. The number of rotatable bonds is 4. The predicted octanol–water partition coefficient (Wildman–Crippen LogP) is 3.87. The molecule has 0 aromatic heterocycles. The van der Waals surface area contributed by atoms with Crippen molar-refractivity contribution in [2.75, 3.05) is 5.32 Å². The van der Waals surface area contributed by atoms with Crippen LogP contribution in [0.1, 0.15) is 17.3 Å². The molecule has 0 aliphatic rings. The fraction of sp³-hybridized carbons (Fsp3) is 0.100. The maximum atomic E-state index is 12.9. The van der Waals surface area contributed by atoms with E-state index in [4.69, 9.17) is 4.74 Å². The molecule has 132 valence electrons. The van der Waals surface area contributed by atoms with Gasteiger partial charge in [-0.3, -0.25) is 4.79 Å². The summed E-state index contributed by atoms with van der Waals surface area (Å²) in [5.41, 5.74) is 0.359. The quantitative estimate of drug-likeness (QED) is 0.698. The first-order valence-corrected chi connectivity index (χ1v) is 7.93. The predicted molar refractivity (Wildman–Crippen MR) is 95.5 cm³/mol. The number of carbonyl (C=O) groups is 2. The molecule has 1 atom stereocenters. The largest absolute Gasteiger partial charge is 0.507 e. The van der Waals surface area contributed by atoms with E-state index in [2.05, 4.69) is 5.32 Å². The minimum Gasteiger partial charge on any atom is -0.507 e. The lowest BCUT2D eigenvalue weighted by Gasteiger charge is -2.14. The van der Waals surface area contributed by atoms with Gasteiger partial charge in [-0.15, -0.1) is 0 Å². The Hall–Kier alpha value is -3.41. The van der Waals surface area contributed by atoms with Crippen LogP contribution in [0, 0.1) is 5.82 Å². The van der Waals surface area contributed by atoms with Crippen LogP contribution in [-0.2, 0) is 9.53 Å². The Morgan fingerprint density at radius 3 is 2.31 bits per heavy atom. The topological polar surface area (TPSA) is 75.6 Å². The van der Waals surface area contributed by atoms with Crippen LogP contribution < -0.4 is 5.32 Å². The van der Waals surface area contributed by atoms with Gasteiger partial charge in [-0.05, 0) is 54.1 Å². The van der Waals surface area contributed by atoms with E-state index in [9.17, 15) is 19.1 Å². The highest BCUT2D eigenvalue weighted by Gasteiger charge is 2.21. The first-order valence-electron chi connectivity index (χ1n) is 7.93. The van der Waals surface area contributed by atoms with Crippen molar-refractivity contribution in [2.45, 2.75) is 13.0 Å². The molecular formula is C20H16FNO4. The zero-order valence-corrected chi connectivity index (χ0v) is 13.9. The summed E-state index contributed by atoms with van der Waals surface area (Å²) in [6, 6.07) is 15.4. The molecule has 0 unspecified atom stereocenters. The number of esters is 1. The molecular weight excluding hydrogens is 337 g/mol. The number of carbonyl (C=O) groups excluding carboxylic acids is 2. The Bertz CT molecular complexity index is 969. The first kappa shape index (κ1) is 17.4. The van der Waals surface area contributed by atoms with Crippen LogP contribution in [0.25, 0.3) is 10.8 Å². The number of fused-ring (bicyclic) bond motifs is 1. The Kier molecular flexibility index (Phi) is 4.84. The molecule has 0 bridgehead atoms. The SMILES string of the molecule is C[C@H](OC(=O)c1cc2ccccc2cc1O)C(=O)Nc1ccc(F)cc1. The van der Waals surface area contributed by atoms with Gasteiger partial charge >= 0.3 is 5.97 Å². The number of phenols is 1. The third kappa shape index (κ3) is 3.80. The number of amides is 1. The summed E-state index contributed by atoms with van der Waals surface area (Å²) in [5, 5.41) is 14.1. The van der Waals surface area contributed by atoms with Gasteiger partial charge in [0.2, 0.25) is 0 Å². The second-order valence-electron chi connectivity index (χ2n) is 5.76. The molecule has 3 aromatic rings. The van der Waals surface area contributed by atoms with Gasteiger partial charge in [0, 0.05) is 5.69 Å². The van der Waals surface area contributed by atoms with Gasteiger partial charge in [0.15, 0.2) is 6.10 Å². The minimum atomic E-state index is -1.10. The van der Waals surface area contributed by atoms with E-state index in [-0.39, 0.29) is 11.3 Å². The van der Waals surface area contributed by atoms with E-state index < -0.39 is 23.8 Å². The number of nitrogens with one attached hydrogen (secondary N) is 1. The molecule has 0 saturated heterocycles. The molecule has 0 heterocycles. The number of benzene rings is 3. The van der Waals surface area contributed by atoms with Gasteiger partial charge in [-0.25, -0.2) is 9.18 Å². The number of phenolic OH excluding ortho intramolecular Hbond substituents is 1. The zero-order chi connectivity index (χ0) is 18.7. The van der Waals surface area contributed by atoms with Crippen molar-refractivity contribution >= 4 is 28.3 Å². The van der Waals surface area contributed by atoms with Gasteiger partial charge in [0.25, 0.3) is 5.91 Å². The van der Waals surface area contributed by atoms with Gasteiger partial charge in [-0.1, -0.05) is 24.3 Å². The molecule has 0 fully saturated rings. The summed E-state index contributed by atoms with van der Waals surface area (Å²) < 4.78 is 18.0. The summed E-state index contributed by atoms with van der Waals surface area (Å²) in [5.74, 6) is -2.02. The van der Waals surface area contributed by atoms with Crippen LogP contribution in [0.4, 0.5) is 10.1 Å². The molecule has 26 heavy (non-hydrogen) atoms. The van der Waals surface area contributed by atoms with Crippen molar-refractivity contribution in [2.24, 2.45) is 0 Å². The maximum absolute atomic E-state index is 12.9. The van der Waals surface area contributed by atoms with Crippen LogP contribution in [0.15, 0.2) is 60.7 Å². The Labute approximate surface area is 149 Å². The highest BCUT2D eigenvalue weighted by molar-refractivity contribution is 6.01. The first-order chi connectivity index (χ1) is 12.4. The van der Waals surface area contributed by atoms with E-state index in [0.29, 0.717) is 5.69 Å². The summed E-state index contributed by atoms with van der Waals surface area (Å²) in [7, 11) is 0. The van der Waals surface area contributed by atoms with Crippen LogP contribution in [0.5, 0.6) is 5.75 Å². The second kappa shape index (κ2) is 7.23. The van der Waals surface area contributed by atoms with E-state index in [0.717, 1.165) is 10.8 Å². The molecule has 5 nitrogen and oxygen atoms in total. The van der Waals surface area contributed by atoms with E-state index in [1.165, 1.54) is 43.3 Å². The molecule has 0 aliphatic carbocycles. The van der Waals surface area contributed by atoms with Crippen molar-refractivity contribution in [3.63, 3.8) is 0 Å². The molecule has 6 heteroatoms. The average Bonchev–Trinajstić information content (AvgIpc) is 2.62. The Morgan fingerprint density at radius 2 is 1.65 bits per heavy atom. The average molecular weight is 353 g/mol. The second-order valence-corrected chi connectivity index (χ2v) is 5.76.